The Morgan fingerprint density at radius 3 is 1.15 bits per heavy atom. The maximum absolute atomic E-state index is 6.74. The van der Waals surface area contributed by atoms with Crippen molar-refractivity contribution in [3.8, 4) is 0 Å². The van der Waals surface area contributed by atoms with Gasteiger partial charge in [-0.3, -0.25) is 0 Å². The molecule has 6 aromatic rings. The lowest BCUT2D eigenvalue weighted by atomic mass is 9.92. The van der Waals surface area contributed by atoms with Crippen LogP contribution in [0.1, 0.15) is 47.6 Å². The summed E-state index contributed by atoms with van der Waals surface area (Å²) >= 11 is 0. The molecule has 3 heterocycles. The third-order valence-corrected chi connectivity index (χ3v) is 6.67. The lowest BCUT2D eigenvalue weighted by Gasteiger charge is -2.30. The zero-order valence-electron chi connectivity index (χ0n) is 23.0. The first-order valence-corrected chi connectivity index (χ1v) is 13.6. The van der Waals surface area contributed by atoms with Crippen LogP contribution < -0.4 is 0 Å². The molecule has 10 nitrogen and oxygen atoms in total. The Hall–Kier alpha value is -4.96. The molecule has 0 aliphatic rings. The Bertz CT molecular complexity index is 1480. The van der Waals surface area contributed by atoms with Crippen LogP contribution >= 0.6 is 0 Å². The van der Waals surface area contributed by atoms with E-state index in [1.165, 1.54) is 0 Å². The SMILES string of the molecule is CC(C)OC(c1cn(Cc2ccccc2)nn1)(c1cn(Cc2ccccc2)nn1)c1cn(Cc2ccccc2)nn1. The van der Waals surface area contributed by atoms with Crippen molar-refractivity contribution < 1.29 is 4.74 Å². The fraction of sp³-hybridized carbons (Fsp3) is 0.226. The van der Waals surface area contributed by atoms with Crippen LogP contribution in [0.25, 0.3) is 0 Å². The molecule has 0 amide bonds. The minimum absolute atomic E-state index is 0.201. The van der Waals surface area contributed by atoms with Gasteiger partial charge in [0.2, 0.25) is 5.60 Å². The summed E-state index contributed by atoms with van der Waals surface area (Å²) in [5, 5.41) is 27.2. The van der Waals surface area contributed by atoms with E-state index >= 15 is 0 Å². The third kappa shape index (κ3) is 5.82. The summed E-state index contributed by atoms with van der Waals surface area (Å²) in [5.41, 5.74) is 3.72. The predicted octanol–water partition coefficient (Wildman–Crippen LogP) is 4.32. The number of hydrogen-bond donors (Lipinski definition) is 0. The monoisotopic (exact) mass is 545 g/mol. The Labute approximate surface area is 238 Å². The molecule has 3 aromatic heterocycles. The second-order valence-electron chi connectivity index (χ2n) is 10.2. The Morgan fingerprint density at radius 2 is 0.854 bits per heavy atom. The van der Waals surface area contributed by atoms with Crippen LogP contribution in [0.2, 0.25) is 0 Å². The van der Waals surface area contributed by atoms with Gasteiger partial charge in [0.25, 0.3) is 0 Å². The molecule has 3 aromatic carbocycles. The first-order chi connectivity index (χ1) is 20.1. The summed E-state index contributed by atoms with van der Waals surface area (Å²) in [6.45, 7) is 5.64. The fourth-order valence-electron chi connectivity index (χ4n) is 4.85. The van der Waals surface area contributed by atoms with Gasteiger partial charge in [0, 0.05) is 0 Å². The highest BCUT2D eigenvalue weighted by Crippen LogP contribution is 2.38. The van der Waals surface area contributed by atoms with E-state index in [0.717, 1.165) is 16.7 Å². The summed E-state index contributed by atoms with van der Waals surface area (Å²) in [5.74, 6) is 0. The zero-order chi connectivity index (χ0) is 28.1. The number of benzene rings is 3. The van der Waals surface area contributed by atoms with Crippen LogP contribution in [-0.2, 0) is 30.0 Å². The largest absolute Gasteiger partial charge is 0.353 e. The average Bonchev–Trinajstić information content (AvgIpc) is 3.76. The minimum Gasteiger partial charge on any atom is -0.353 e. The molecule has 0 aliphatic heterocycles. The highest BCUT2D eigenvalue weighted by molar-refractivity contribution is 5.36. The first kappa shape index (κ1) is 26.3. The summed E-state index contributed by atoms with van der Waals surface area (Å²) < 4.78 is 12.1. The van der Waals surface area contributed by atoms with Gasteiger partial charge in [0.05, 0.1) is 44.3 Å². The summed E-state index contributed by atoms with van der Waals surface area (Å²) in [6.07, 6.45) is 5.47. The molecule has 0 atom stereocenters. The van der Waals surface area contributed by atoms with Gasteiger partial charge < -0.3 is 4.74 Å². The van der Waals surface area contributed by atoms with Gasteiger partial charge in [-0.1, -0.05) is 107 Å². The van der Waals surface area contributed by atoms with Crippen LogP contribution in [0.4, 0.5) is 0 Å². The van der Waals surface area contributed by atoms with E-state index in [9.17, 15) is 0 Å². The van der Waals surface area contributed by atoms with Gasteiger partial charge in [-0.15, -0.1) is 15.3 Å². The molecular formula is C31H31N9O. The van der Waals surface area contributed by atoms with Crippen LogP contribution in [-0.4, -0.2) is 51.1 Å². The van der Waals surface area contributed by atoms with Crippen LogP contribution in [0.3, 0.4) is 0 Å². The molecule has 0 fully saturated rings. The lowest BCUT2D eigenvalue weighted by Crippen LogP contribution is -2.37. The van der Waals surface area contributed by atoms with Gasteiger partial charge >= 0.3 is 0 Å². The standard InChI is InChI=1S/C31H31N9O/c1-24(2)41-31(28-21-38(35-32-28)18-25-12-6-3-7-13-25,29-22-39(36-33-29)19-26-14-8-4-9-15-26)30-23-40(37-34-30)20-27-16-10-5-11-17-27/h3-17,21-24H,18-20H2,1-2H3. The van der Waals surface area contributed by atoms with Gasteiger partial charge in [0.1, 0.15) is 17.1 Å². The smallest absolute Gasteiger partial charge is 0.204 e. The molecule has 0 unspecified atom stereocenters. The highest BCUT2D eigenvalue weighted by Gasteiger charge is 2.47. The maximum Gasteiger partial charge on any atom is 0.204 e. The van der Waals surface area contributed by atoms with Crippen molar-refractivity contribution in [1.82, 2.24) is 45.0 Å². The second-order valence-corrected chi connectivity index (χ2v) is 10.2. The predicted molar refractivity (Wildman–Crippen MR) is 153 cm³/mol. The molecule has 0 saturated carbocycles. The van der Waals surface area contributed by atoms with Crippen LogP contribution in [0.15, 0.2) is 110 Å². The van der Waals surface area contributed by atoms with E-state index in [0.29, 0.717) is 36.7 Å². The normalized spacial score (nSPS) is 11.8. The van der Waals surface area contributed by atoms with Gasteiger partial charge in [-0.25, -0.2) is 14.0 Å². The van der Waals surface area contributed by atoms with Gasteiger partial charge in [0.15, 0.2) is 0 Å². The summed E-state index contributed by atoms with van der Waals surface area (Å²) in [7, 11) is 0. The Morgan fingerprint density at radius 1 is 0.537 bits per heavy atom. The highest BCUT2D eigenvalue weighted by atomic mass is 16.5. The van der Waals surface area contributed by atoms with E-state index in [2.05, 4.69) is 67.3 Å². The van der Waals surface area contributed by atoms with E-state index in [4.69, 9.17) is 4.74 Å². The molecule has 0 spiro atoms. The second kappa shape index (κ2) is 11.6. The van der Waals surface area contributed by atoms with Crippen molar-refractivity contribution in [1.29, 1.82) is 0 Å². The number of rotatable bonds is 11. The van der Waals surface area contributed by atoms with Crippen molar-refractivity contribution in [3.63, 3.8) is 0 Å². The van der Waals surface area contributed by atoms with E-state index in [-0.39, 0.29) is 6.10 Å². The average molecular weight is 546 g/mol. The molecule has 6 rings (SSSR count). The third-order valence-electron chi connectivity index (χ3n) is 6.67. The van der Waals surface area contributed by atoms with Gasteiger partial charge in [-0.2, -0.15) is 0 Å². The molecule has 41 heavy (non-hydrogen) atoms. The number of hydrogen-bond acceptors (Lipinski definition) is 7. The number of ether oxygens (including phenoxy) is 1. The quantitative estimate of drug-likeness (QED) is 0.239. The molecule has 0 bridgehead atoms. The minimum atomic E-state index is -1.28. The van der Waals surface area contributed by atoms with Crippen molar-refractivity contribution in [2.24, 2.45) is 0 Å². The number of nitrogens with zero attached hydrogens (tertiary/aromatic N) is 9. The van der Waals surface area contributed by atoms with Crippen molar-refractivity contribution >= 4 is 0 Å². The molecule has 0 radical (unpaired) electrons. The van der Waals surface area contributed by atoms with Crippen molar-refractivity contribution in [2.45, 2.75) is 45.2 Å². The fourth-order valence-corrected chi connectivity index (χ4v) is 4.85. The Balaban J connectivity index is 1.43. The topological polar surface area (TPSA) is 101 Å². The van der Waals surface area contributed by atoms with E-state index in [1.54, 1.807) is 14.0 Å². The molecule has 0 saturated heterocycles. The first-order valence-electron chi connectivity index (χ1n) is 13.6. The molecule has 206 valence electrons. The molecule has 0 N–H and O–H groups in total. The zero-order valence-corrected chi connectivity index (χ0v) is 23.0. The Kier molecular flexibility index (Phi) is 7.46. The summed E-state index contributed by atoms with van der Waals surface area (Å²) in [6, 6.07) is 30.4. The molecule has 0 aliphatic carbocycles. The molecular weight excluding hydrogens is 514 g/mol. The van der Waals surface area contributed by atoms with Crippen molar-refractivity contribution in [2.75, 3.05) is 0 Å². The molecule has 10 heteroatoms. The maximum atomic E-state index is 6.74. The van der Waals surface area contributed by atoms with E-state index < -0.39 is 5.60 Å². The summed E-state index contributed by atoms with van der Waals surface area (Å²) in [4.78, 5) is 0. The van der Waals surface area contributed by atoms with E-state index in [1.807, 2.05) is 87.0 Å². The van der Waals surface area contributed by atoms with Crippen molar-refractivity contribution in [3.05, 3.63) is 143 Å². The van der Waals surface area contributed by atoms with Crippen LogP contribution in [0.5, 0.6) is 0 Å². The number of aromatic nitrogens is 9. The van der Waals surface area contributed by atoms with Gasteiger partial charge in [-0.05, 0) is 30.5 Å². The lowest BCUT2D eigenvalue weighted by molar-refractivity contribution is -0.0373. The van der Waals surface area contributed by atoms with Crippen LogP contribution in [0, 0.1) is 0 Å².